The zero-order chi connectivity index (χ0) is 18.6. The summed E-state index contributed by atoms with van der Waals surface area (Å²) < 4.78 is 53.4. The highest BCUT2D eigenvalue weighted by Crippen LogP contribution is 2.42. The maximum absolute atomic E-state index is 12.9. The van der Waals surface area contributed by atoms with Gasteiger partial charge >= 0.3 is 0 Å². The summed E-state index contributed by atoms with van der Waals surface area (Å²) in [5.41, 5.74) is 0.227. The highest BCUT2D eigenvalue weighted by molar-refractivity contribution is 7.89. The number of rotatable bonds is 5. The molecule has 11 heteroatoms. The molecule has 0 N–H and O–H groups in total. The third-order valence-electron chi connectivity index (χ3n) is 4.41. The summed E-state index contributed by atoms with van der Waals surface area (Å²) in [5, 5.41) is -0.120. The zero-order valence-corrected chi connectivity index (χ0v) is 15.8. The van der Waals surface area contributed by atoms with Gasteiger partial charge in [0.05, 0.1) is 30.2 Å². The summed E-state index contributed by atoms with van der Waals surface area (Å²) >= 11 is 0. The Bertz CT molecular complexity index is 948. The van der Waals surface area contributed by atoms with Gasteiger partial charge in [0.1, 0.15) is 0 Å². The van der Waals surface area contributed by atoms with Gasteiger partial charge < -0.3 is 4.57 Å². The number of imidazole rings is 1. The number of carbonyl (C=O) groups is 1. The number of carbonyl (C=O) groups excluding carboxylic acids is 1. The molecule has 0 spiro atoms. The molecule has 1 amide bonds. The van der Waals surface area contributed by atoms with Crippen molar-refractivity contribution in [2.75, 3.05) is 12.8 Å². The number of sulfonamides is 2. The molecule has 3 heterocycles. The summed E-state index contributed by atoms with van der Waals surface area (Å²) in [5.74, 6) is -1.28. The van der Waals surface area contributed by atoms with Crippen LogP contribution in [-0.4, -0.2) is 59.7 Å². The lowest BCUT2D eigenvalue weighted by atomic mass is 9.97. The molecule has 0 radical (unpaired) electrons. The fraction of sp³-hybridized carbons (Fsp3) is 0.571. The Hall–Kier alpha value is -1.72. The average molecular weight is 388 g/mol. The lowest BCUT2D eigenvalue weighted by Crippen LogP contribution is -2.41. The molecule has 25 heavy (non-hydrogen) atoms. The molecule has 3 rings (SSSR count). The molecule has 0 saturated carbocycles. The van der Waals surface area contributed by atoms with Crippen LogP contribution < -0.4 is 0 Å². The van der Waals surface area contributed by atoms with Crippen LogP contribution in [-0.2, 0) is 31.9 Å². The van der Waals surface area contributed by atoms with E-state index in [1.165, 1.54) is 27.5 Å². The van der Waals surface area contributed by atoms with Crippen molar-refractivity contribution in [2.45, 2.75) is 30.8 Å². The Kier molecular flexibility index (Phi) is 4.28. The third kappa shape index (κ3) is 2.79. The predicted octanol–water partition coefficient (Wildman–Crippen LogP) is -0.105. The van der Waals surface area contributed by atoms with Crippen LogP contribution in [0.2, 0.25) is 0 Å². The second-order valence-electron chi connectivity index (χ2n) is 6.29. The van der Waals surface area contributed by atoms with E-state index in [1.54, 1.807) is 7.05 Å². The van der Waals surface area contributed by atoms with Crippen LogP contribution in [0.1, 0.15) is 19.8 Å². The molecule has 0 aliphatic carbocycles. The molecular weight excluding hydrogens is 368 g/mol. The first-order valence-electron chi connectivity index (χ1n) is 7.83. The quantitative estimate of drug-likeness (QED) is 0.696. The number of hydrogen-bond acceptors (Lipinski definition) is 6. The van der Waals surface area contributed by atoms with E-state index in [1.807, 2.05) is 6.92 Å². The summed E-state index contributed by atoms with van der Waals surface area (Å²) in [6.45, 7) is 1.88. The van der Waals surface area contributed by atoms with Crippen molar-refractivity contribution in [1.29, 1.82) is 0 Å². The normalized spacial score (nSPS) is 24.7. The molecule has 1 saturated heterocycles. The van der Waals surface area contributed by atoms with Gasteiger partial charge in [-0.3, -0.25) is 4.79 Å². The van der Waals surface area contributed by atoms with Crippen LogP contribution in [0.25, 0.3) is 0 Å². The van der Waals surface area contributed by atoms with E-state index in [2.05, 4.69) is 4.98 Å². The van der Waals surface area contributed by atoms with Gasteiger partial charge in [0.25, 0.3) is 10.0 Å². The molecule has 1 aromatic rings. The minimum absolute atomic E-state index is 0.0123. The SMILES string of the molecule is CCC[C@H]1C(=O)N(S(C)(=O)=O)C2=CCN(S(=O)(=O)c3cn(C)cn3)[C@@H]21. The predicted molar refractivity (Wildman–Crippen MR) is 89.1 cm³/mol. The molecule has 2 aliphatic heterocycles. The fourth-order valence-electron chi connectivity index (χ4n) is 3.43. The highest BCUT2D eigenvalue weighted by atomic mass is 32.2. The maximum atomic E-state index is 12.9. The Morgan fingerprint density at radius 3 is 2.48 bits per heavy atom. The van der Waals surface area contributed by atoms with E-state index < -0.39 is 37.9 Å². The van der Waals surface area contributed by atoms with Gasteiger partial charge in [-0.2, -0.15) is 4.31 Å². The molecule has 2 atom stereocenters. The van der Waals surface area contributed by atoms with Gasteiger partial charge in [-0.15, -0.1) is 0 Å². The second-order valence-corrected chi connectivity index (χ2v) is 9.96. The van der Waals surface area contributed by atoms with Gasteiger partial charge in [-0.05, 0) is 12.5 Å². The molecule has 0 unspecified atom stereocenters. The highest BCUT2D eigenvalue weighted by Gasteiger charge is 2.55. The Morgan fingerprint density at radius 2 is 1.96 bits per heavy atom. The van der Waals surface area contributed by atoms with Gasteiger partial charge in [-0.1, -0.05) is 13.3 Å². The van der Waals surface area contributed by atoms with Crippen molar-refractivity contribution >= 4 is 26.0 Å². The molecular formula is C14H20N4O5S2. The number of hydrogen-bond donors (Lipinski definition) is 0. The fourth-order valence-corrected chi connectivity index (χ4v) is 6.00. The Balaban J connectivity index is 2.06. The summed E-state index contributed by atoms with van der Waals surface area (Å²) in [4.78, 5) is 16.5. The molecule has 1 aromatic heterocycles. The van der Waals surface area contributed by atoms with Gasteiger partial charge in [0.2, 0.25) is 15.9 Å². The van der Waals surface area contributed by atoms with E-state index in [0.29, 0.717) is 12.8 Å². The average Bonchev–Trinajstić information content (AvgIpc) is 3.15. The monoisotopic (exact) mass is 388 g/mol. The number of aromatic nitrogens is 2. The first-order valence-corrected chi connectivity index (χ1v) is 11.1. The van der Waals surface area contributed by atoms with Crippen molar-refractivity contribution < 1.29 is 21.6 Å². The van der Waals surface area contributed by atoms with E-state index in [-0.39, 0.29) is 17.3 Å². The minimum atomic E-state index is -3.94. The molecule has 0 bridgehead atoms. The number of nitrogens with zero attached hydrogens (tertiary/aromatic N) is 4. The van der Waals surface area contributed by atoms with Crippen LogP contribution in [0.15, 0.2) is 29.3 Å². The molecule has 0 aromatic carbocycles. The Labute approximate surface area is 147 Å². The van der Waals surface area contributed by atoms with Crippen LogP contribution in [0.5, 0.6) is 0 Å². The first kappa shape index (κ1) is 18.1. The summed E-state index contributed by atoms with van der Waals surface area (Å²) in [6.07, 6.45) is 6.25. The summed E-state index contributed by atoms with van der Waals surface area (Å²) in [7, 11) is -6.10. The molecule has 138 valence electrons. The minimum Gasteiger partial charge on any atom is -0.339 e. The van der Waals surface area contributed by atoms with Crippen molar-refractivity contribution in [3.63, 3.8) is 0 Å². The van der Waals surface area contributed by atoms with E-state index in [9.17, 15) is 21.6 Å². The van der Waals surface area contributed by atoms with Crippen LogP contribution >= 0.6 is 0 Å². The van der Waals surface area contributed by atoms with E-state index in [0.717, 1.165) is 10.6 Å². The molecule has 1 fully saturated rings. The smallest absolute Gasteiger partial charge is 0.263 e. The van der Waals surface area contributed by atoms with Crippen LogP contribution in [0, 0.1) is 5.92 Å². The van der Waals surface area contributed by atoms with Crippen molar-refractivity contribution in [1.82, 2.24) is 18.2 Å². The lowest BCUT2D eigenvalue weighted by molar-refractivity contribution is -0.127. The number of aryl methyl sites for hydroxylation is 1. The van der Waals surface area contributed by atoms with Gasteiger partial charge in [0.15, 0.2) is 5.03 Å². The van der Waals surface area contributed by atoms with Crippen LogP contribution in [0.4, 0.5) is 0 Å². The Morgan fingerprint density at radius 1 is 1.28 bits per heavy atom. The largest absolute Gasteiger partial charge is 0.339 e. The van der Waals surface area contributed by atoms with Gasteiger partial charge in [0, 0.05) is 19.8 Å². The zero-order valence-electron chi connectivity index (χ0n) is 14.2. The van der Waals surface area contributed by atoms with E-state index in [4.69, 9.17) is 0 Å². The molecule has 9 nitrogen and oxygen atoms in total. The third-order valence-corrected chi connectivity index (χ3v) is 7.20. The van der Waals surface area contributed by atoms with Crippen molar-refractivity contribution in [2.24, 2.45) is 13.0 Å². The number of fused-ring (bicyclic) bond motifs is 1. The standard InChI is InChI=1S/C14H20N4O5S2/c1-4-5-10-13-11(18(14(10)19)24(3,20)21)6-7-17(13)25(22,23)12-8-16(2)9-15-12/h6,8-10,13H,4-5,7H2,1-3H3/t10-,13-/m1/s1. The first-order chi connectivity index (χ1) is 11.6. The van der Waals surface area contributed by atoms with Gasteiger partial charge in [-0.25, -0.2) is 26.1 Å². The van der Waals surface area contributed by atoms with Crippen molar-refractivity contribution in [3.05, 3.63) is 24.3 Å². The summed E-state index contributed by atoms with van der Waals surface area (Å²) in [6, 6.07) is -0.811. The van der Waals surface area contributed by atoms with E-state index >= 15 is 0 Å². The van der Waals surface area contributed by atoms with Crippen molar-refractivity contribution in [3.8, 4) is 0 Å². The topological polar surface area (TPSA) is 110 Å². The number of amides is 1. The lowest BCUT2D eigenvalue weighted by Gasteiger charge is -2.25. The maximum Gasteiger partial charge on any atom is 0.263 e. The second kappa shape index (κ2) is 5.92. The van der Waals surface area contributed by atoms with Crippen LogP contribution in [0.3, 0.4) is 0 Å². The molecule has 2 aliphatic rings.